The maximum atomic E-state index is 11.5. The van der Waals surface area contributed by atoms with Gasteiger partial charge in [-0.2, -0.15) is 0 Å². The van der Waals surface area contributed by atoms with E-state index >= 15 is 0 Å². The Hall–Kier alpha value is -0.846. The third-order valence-corrected chi connectivity index (χ3v) is 6.46. The second-order valence-corrected chi connectivity index (χ2v) is 10.6. The van der Waals surface area contributed by atoms with E-state index in [1.165, 1.54) is 77.6 Å². The summed E-state index contributed by atoms with van der Waals surface area (Å²) in [6, 6.07) is 0. The molecule has 6 nitrogen and oxygen atoms in total. The first-order chi connectivity index (χ1) is 15.1. The molecule has 0 aliphatic rings. The van der Waals surface area contributed by atoms with Crippen molar-refractivity contribution in [3.63, 3.8) is 0 Å². The van der Waals surface area contributed by atoms with Crippen LogP contribution in [-0.2, 0) is 38.2 Å². The topological polar surface area (TPSA) is 89.9 Å². The van der Waals surface area contributed by atoms with Gasteiger partial charge in [-0.25, -0.2) is 4.79 Å². The Morgan fingerprint density at radius 3 is 1.53 bits per heavy atom. The van der Waals surface area contributed by atoms with Crippen molar-refractivity contribution in [1.29, 1.82) is 0 Å². The van der Waals surface area contributed by atoms with Gasteiger partial charge in [-0.15, -0.1) is 0 Å². The maximum absolute atomic E-state index is 11.5. The molecule has 0 heterocycles. The number of rotatable bonds is 19. The van der Waals surface area contributed by atoms with Gasteiger partial charge >= 0.3 is 129 Å². The van der Waals surface area contributed by atoms with Gasteiger partial charge in [0.1, 0.15) is 0 Å². The van der Waals surface area contributed by atoms with Crippen molar-refractivity contribution < 1.29 is 43.3 Å². The molecule has 0 rings (SSSR count). The molecule has 32 heavy (non-hydrogen) atoms. The van der Waals surface area contributed by atoms with E-state index < -0.39 is 24.6 Å². The molecule has 188 valence electrons. The van der Waals surface area contributed by atoms with Crippen LogP contribution >= 0.6 is 0 Å². The molecule has 0 bridgehead atoms. The van der Waals surface area contributed by atoms with E-state index in [9.17, 15) is 12.9 Å². The second kappa shape index (κ2) is 23.3. The van der Waals surface area contributed by atoms with Crippen molar-refractivity contribution in [1.82, 2.24) is 0 Å². The van der Waals surface area contributed by atoms with E-state index in [1.807, 2.05) is 0 Å². The van der Waals surface area contributed by atoms with Crippen molar-refractivity contribution in [3.8, 4) is 0 Å². The first kappa shape index (κ1) is 33.3. The van der Waals surface area contributed by atoms with E-state index in [0.717, 1.165) is 18.8 Å². The third kappa shape index (κ3) is 29.2. The predicted molar refractivity (Wildman–Crippen MR) is 125 cm³/mol. The van der Waals surface area contributed by atoms with Crippen LogP contribution in [0, 0.1) is 5.92 Å². The molecule has 0 aromatic heterocycles. The fourth-order valence-electron chi connectivity index (χ4n) is 2.95. The Morgan fingerprint density at radius 1 is 0.812 bits per heavy atom. The average Bonchev–Trinajstić information content (AvgIpc) is 2.67. The molecule has 0 aliphatic carbocycles. The Labute approximate surface area is 203 Å². The number of carbonyl (C=O) groups excluding carboxylic acids is 1. The predicted octanol–water partition coefficient (Wildman–Crippen LogP) is 7.51. The van der Waals surface area contributed by atoms with Crippen molar-refractivity contribution >= 4 is 11.9 Å². The van der Waals surface area contributed by atoms with Gasteiger partial charge in [0.05, 0.1) is 0 Å². The van der Waals surface area contributed by atoms with Crippen molar-refractivity contribution in [2.45, 2.75) is 131 Å². The van der Waals surface area contributed by atoms with Crippen LogP contribution in [0.5, 0.6) is 0 Å². The van der Waals surface area contributed by atoms with Crippen molar-refractivity contribution in [2.75, 3.05) is 0 Å². The zero-order chi connectivity index (χ0) is 24.8. The summed E-state index contributed by atoms with van der Waals surface area (Å²) in [7, 11) is 0. The number of carboxylic acid groups (broad SMARTS) is 1. The van der Waals surface area contributed by atoms with E-state index in [2.05, 4.69) is 20.4 Å². The van der Waals surface area contributed by atoms with Gasteiger partial charge in [-0.1, -0.05) is 46.1 Å². The van der Waals surface area contributed by atoms with Gasteiger partial charge < -0.3 is 5.11 Å². The molecule has 0 aromatic rings. The summed E-state index contributed by atoms with van der Waals surface area (Å²) >= 11 is -3.28. The number of hydrogen-bond donors (Lipinski definition) is 1. The molecule has 7 heteroatoms. The molecule has 0 saturated carbocycles. The molecule has 0 radical (unpaired) electrons. The van der Waals surface area contributed by atoms with Gasteiger partial charge in [-0.3, -0.25) is 0 Å². The SMILES string of the molecule is C=C(C)C(=O)O.CC(C)CCCCCCCCCCCCCCC(=O)[O][Ti](=[O])[O]C(C)C. The van der Waals surface area contributed by atoms with E-state index in [1.54, 1.807) is 13.8 Å². The van der Waals surface area contributed by atoms with Crippen LogP contribution in [0.1, 0.15) is 125 Å². The van der Waals surface area contributed by atoms with Gasteiger partial charge in [0.15, 0.2) is 0 Å². The molecular formula is C25H48O6Ti. The summed E-state index contributed by atoms with van der Waals surface area (Å²) in [5, 5.41) is 7.89. The molecule has 1 N–H and O–H groups in total. The van der Waals surface area contributed by atoms with Crippen LogP contribution < -0.4 is 0 Å². The Morgan fingerprint density at radius 2 is 1.19 bits per heavy atom. The number of aliphatic carboxylic acids is 1. The zero-order valence-corrected chi connectivity index (χ0v) is 22.8. The zero-order valence-electron chi connectivity index (χ0n) is 21.2. The van der Waals surface area contributed by atoms with Gasteiger partial charge in [-0.05, 0) is 12.8 Å². The monoisotopic (exact) mass is 492 g/mol. The Balaban J connectivity index is 0. The van der Waals surface area contributed by atoms with Crippen LogP contribution in [0.4, 0.5) is 0 Å². The second-order valence-electron chi connectivity index (χ2n) is 9.15. The summed E-state index contributed by atoms with van der Waals surface area (Å²) in [5.74, 6) is -0.454. The number of unbranched alkanes of at least 4 members (excludes halogenated alkanes) is 11. The summed E-state index contributed by atoms with van der Waals surface area (Å²) in [6.45, 7) is 12.8. The van der Waals surface area contributed by atoms with Crippen LogP contribution in [0.25, 0.3) is 0 Å². The number of carbonyl (C=O) groups is 2. The Bertz CT molecular complexity index is 505. The quantitative estimate of drug-likeness (QED) is 0.114. The van der Waals surface area contributed by atoms with Crippen molar-refractivity contribution in [3.05, 3.63) is 12.2 Å². The summed E-state index contributed by atoms with van der Waals surface area (Å²) in [6.07, 6.45) is 16.9. The fourth-order valence-corrected chi connectivity index (χ4v) is 4.08. The molecule has 0 unspecified atom stereocenters. The summed E-state index contributed by atoms with van der Waals surface area (Å²) in [5.41, 5.74) is 0.176. The number of hydrogen-bond acceptors (Lipinski definition) is 5. The molecule has 0 aromatic carbocycles. The normalized spacial score (nSPS) is 10.6. The molecule has 0 aliphatic heterocycles. The molecule has 0 spiro atoms. The standard InChI is InChI=1S/C18H36O2.C4H6O2.C3H7O.O.Ti/c1-17(2)15-13-11-9-7-5-3-4-6-8-10-12-14-16-18(19)20;1-3(2)4(5)6;1-3(2)4;;/h17H,3-16H2,1-2H3,(H,19,20);1H2,2H3,(H,5,6);3H,1-2H3;;/q;;-1;;+2/p-1. The number of carboxylic acids is 1. The van der Waals surface area contributed by atoms with Gasteiger partial charge in [0.25, 0.3) is 0 Å². The summed E-state index contributed by atoms with van der Waals surface area (Å²) in [4.78, 5) is 21.1. The van der Waals surface area contributed by atoms with Crippen LogP contribution in [0.2, 0.25) is 0 Å². The van der Waals surface area contributed by atoms with Crippen LogP contribution in [0.3, 0.4) is 0 Å². The van der Waals surface area contributed by atoms with Crippen LogP contribution in [-0.4, -0.2) is 23.1 Å². The van der Waals surface area contributed by atoms with Gasteiger partial charge in [0, 0.05) is 5.57 Å². The molecule has 0 atom stereocenters. The first-order valence-corrected chi connectivity index (χ1v) is 14.3. The minimum atomic E-state index is -3.28. The van der Waals surface area contributed by atoms with E-state index in [0.29, 0.717) is 6.42 Å². The fraction of sp³-hybridized carbons (Fsp3) is 0.840. The van der Waals surface area contributed by atoms with E-state index in [4.69, 9.17) is 11.7 Å². The molecule has 0 amide bonds. The van der Waals surface area contributed by atoms with Crippen LogP contribution in [0.15, 0.2) is 12.2 Å². The van der Waals surface area contributed by atoms with Crippen molar-refractivity contribution in [2.24, 2.45) is 5.92 Å². The molecule has 0 fully saturated rings. The minimum absolute atomic E-state index is 0.153. The third-order valence-electron chi connectivity index (χ3n) is 4.81. The molecule has 0 saturated heterocycles. The average molecular weight is 493 g/mol. The van der Waals surface area contributed by atoms with Gasteiger partial charge in [0.2, 0.25) is 0 Å². The Kier molecular flexibility index (Phi) is 24.3. The first-order valence-electron chi connectivity index (χ1n) is 12.4. The van der Waals surface area contributed by atoms with E-state index in [-0.39, 0.29) is 17.6 Å². The summed E-state index contributed by atoms with van der Waals surface area (Å²) < 4.78 is 21.3. The molecular weight excluding hydrogens is 444 g/mol.